The molecule has 1 aliphatic rings. The van der Waals surface area contributed by atoms with Crippen LogP contribution in [-0.2, 0) is 6.54 Å². The Kier molecular flexibility index (Phi) is 5.88. The third-order valence-corrected chi connectivity index (χ3v) is 5.32. The van der Waals surface area contributed by atoms with E-state index in [4.69, 9.17) is 0 Å². The summed E-state index contributed by atoms with van der Waals surface area (Å²) in [5, 5.41) is 17.7. The van der Waals surface area contributed by atoms with Crippen LogP contribution in [0.5, 0.6) is 0 Å². The SMILES string of the molecule is CCN(CC)Cc1cnc2c(C(=O)NCC3(O)CCCCC3)cnn2c1. The van der Waals surface area contributed by atoms with Crippen molar-refractivity contribution in [3.8, 4) is 0 Å². The van der Waals surface area contributed by atoms with Crippen LogP contribution in [0.15, 0.2) is 18.6 Å². The number of carbonyl (C=O) groups is 1. The van der Waals surface area contributed by atoms with E-state index in [9.17, 15) is 9.90 Å². The molecule has 1 aliphatic carbocycles. The number of nitrogens with zero attached hydrogens (tertiary/aromatic N) is 4. The molecule has 7 heteroatoms. The molecule has 1 fully saturated rings. The van der Waals surface area contributed by atoms with Crippen molar-refractivity contribution in [2.45, 2.75) is 58.1 Å². The molecule has 0 unspecified atom stereocenters. The van der Waals surface area contributed by atoms with Gasteiger partial charge in [0, 0.05) is 31.0 Å². The van der Waals surface area contributed by atoms with E-state index in [-0.39, 0.29) is 12.5 Å². The van der Waals surface area contributed by atoms with E-state index in [2.05, 4.69) is 34.1 Å². The fourth-order valence-electron chi connectivity index (χ4n) is 3.59. The summed E-state index contributed by atoms with van der Waals surface area (Å²) < 4.78 is 1.66. The summed E-state index contributed by atoms with van der Waals surface area (Å²) in [6, 6.07) is 0. The van der Waals surface area contributed by atoms with E-state index < -0.39 is 5.60 Å². The van der Waals surface area contributed by atoms with Crippen molar-refractivity contribution >= 4 is 11.6 Å². The molecule has 0 aliphatic heterocycles. The molecular weight excluding hydrogens is 330 g/mol. The highest BCUT2D eigenvalue weighted by atomic mass is 16.3. The van der Waals surface area contributed by atoms with Crippen LogP contribution in [0.3, 0.4) is 0 Å². The monoisotopic (exact) mass is 359 g/mol. The summed E-state index contributed by atoms with van der Waals surface area (Å²) in [6.07, 6.45) is 9.95. The molecule has 0 spiro atoms. The number of fused-ring (bicyclic) bond motifs is 1. The van der Waals surface area contributed by atoms with Gasteiger partial charge in [0.05, 0.1) is 11.8 Å². The number of hydrogen-bond acceptors (Lipinski definition) is 5. The highest BCUT2D eigenvalue weighted by Gasteiger charge is 2.30. The quantitative estimate of drug-likeness (QED) is 0.790. The lowest BCUT2D eigenvalue weighted by Gasteiger charge is -2.32. The molecule has 0 bridgehead atoms. The van der Waals surface area contributed by atoms with E-state index in [1.165, 1.54) is 0 Å². The van der Waals surface area contributed by atoms with Crippen LogP contribution < -0.4 is 5.32 Å². The highest BCUT2D eigenvalue weighted by molar-refractivity contribution is 5.99. The van der Waals surface area contributed by atoms with Crippen LogP contribution in [0.2, 0.25) is 0 Å². The van der Waals surface area contributed by atoms with Gasteiger partial charge in [-0.05, 0) is 25.9 Å². The van der Waals surface area contributed by atoms with E-state index in [0.717, 1.165) is 57.3 Å². The van der Waals surface area contributed by atoms with E-state index in [0.29, 0.717) is 11.2 Å². The first kappa shape index (κ1) is 18.8. The zero-order valence-corrected chi connectivity index (χ0v) is 15.7. The molecule has 1 amide bonds. The van der Waals surface area contributed by atoms with Crippen LogP contribution >= 0.6 is 0 Å². The smallest absolute Gasteiger partial charge is 0.256 e. The van der Waals surface area contributed by atoms with Crippen LogP contribution in [0.4, 0.5) is 0 Å². The predicted molar refractivity (Wildman–Crippen MR) is 100.0 cm³/mol. The molecule has 2 N–H and O–H groups in total. The first-order chi connectivity index (χ1) is 12.5. The Morgan fingerprint density at radius 2 is 2.00 bits per heavy atom. The first-order valence-electron chi connectivity index (χ1n) is 9.60. The molecule has 26 heavy (non-hydrogen) atoms. The molecule has 2 aromatic heterocycles. The van der Waals surface area contributed by atoms with Gasteiger partial charge in [-0.15, -0.1) is 0 Å². The Bertz CT molecular complexity index is 747. The lowest BCUT2D eigenvalue weighted by molar-refractivity contribution is 0.00527. The summed E-state index contributed by atoms with van der Waals surface area (Å²) in [7, 11) is 0. The zero-order chi connectivity index (χ0) is 18.6. The zero-order valence-electron chi connectivity index (χ0n) is 15.7. The summed E-state index contributed by atoms with van der Waals surface area (Å²) >= 11 is 0. The van der Waals surface area contributed by atoms with E-state index in [1.807, 2.05) is 6.20 Å². The second kappa shape index (κ2) is 8.14. The van der Waals surface area contributed by atoms with Gasteiger partial charge >= 0.3 is 0 Å². The van der Waals surface area contributed by atoms with Gasteiger partial charge in [0.1, 0.15) is 5.56 Å². The third-order valence-electron chi connectivity index (χ3n) is 5.32. The van der Waals surface area contributed by atoms with Gasteiger partial charge in [-0.3, -0.25) is 9.69 Å². The maximum atomic E-state index is 12.5. The molecule has 0 radical (unpaired) electrons. The number of carbonyl (C=O) groups excluding carboxylic acids is 1. The Labute approximate surface area is 154 Å². The van der Waals surface area contributed by atoms with Crippen molar-refractivity contribution in [1.82, 2.24) is 24.8 Å². The van der Waals surface area contributed by atoms with Crippen molar-refractivity contribution in [2.24, 2.45) is 0 Å². The van der Waals surface area contributed by atoms with Crippen molar-refractivity contribution in [1.29, 1.82) is 0 Å². The molecule has 2 heterocycles. The van der Waals surface area contributed by atoms with Crippen molar-refractivity contribution in [2.75, 3.05) is 19.6 Å². The summed E-state index contributed by atoms with van der Waals surface area (Å²) in [5.41, 5.74) is 1.27. The molecule has 7 nitrogen and oxygen atoms in total. The molecule has 142 valence electrons. The van der Waals surface area contributed by atoms with Gasteiger partial charge in [-0.25, -0.2) is 9.50 Å². The van der Waals surface area contributed by atoms with Gasteiger partial charge in [0.15, 0.2) is 5.65 Å². The van der Waals surface area contributed by atoms with Crippen molar-refractivity contribution in [3.05, 3.63) is 29.7 Å². The van der Waals surface area contributed by atoms with Gasteiger partial charge < -0.3 is 10.4 Å². The Hall–Kier alpha value is -1.99. The first-order valence-corrected chi connectivity index (χ1v) is 9.60. The molecular formula is C19H29N5O2. The van der Waals surface area contributed by atoms with Crippen LogP contribution in [0.1, 0.15) is 61.9 Å². The van der Waals surface area contributed by atoms with Crippen LogP contribution in [-0.4, -0.2) is 55.7 Å². The largest absolute Gasteiger partial charge is 0.388 e. The average molecular weight is 359 g/mol. The van der Waals surface area contributed by atoms with Gasteiger partial charge in [-0.1, -0.05) is 33.1 Å². The minimum Gasteiger partial charge on any atom is -0.388 e. The lowest BCUT2D eigenvalue weighted by atomic mass is 9.85. The molecule has 1 saturated carbocycles. The normalized spacial score (nSPS) is 16.9. The highest BCUT2D eigenvalue weighted by Crippen LogP contribution is 2.27. The Balaban J connectivity index is 1.69. The van der Waals surface area contributed by atoms with E-state index in [1.54, 1.807) is 16.9 Å². The third kappa shape index (κ3) is 4.22. The number of aromatic nitrogens is 3. The standard InChI is InChI=1S/C19H29N5O2/c1-3-23(4-2)12-15-10-20-17-16(11-22-24(17)13-15)18(25)21-14-19(26)8-6-5-7-9-19/h10-11,13,26H,3-9,12,14H2,1-2H3,(H,21,25). The second-order valence-electron chi connectivity index (χ2n) is 7.22. The minimum atomic E-state index is -0.777. The van der Waals surface area contributed by atoms with Crippen LogP contribution in [0.25, 0.3) is 5.65 Å². The van der Waals surface area contributed by atoms with Gasteiger partial charge in [0.2, 0.25) is 0 Å². The Morgan fingerprint density at radius 3 is 2.69 bits per heavy atom. The number of aliphatic hydroxyl groups is 1. The number of amides is 1. The topological polar surface area (TPSA) is 82.8 Å². The maximum Gasteiger partial charge on any atom is 0.256 e. The molecule has 0 aromatic carbocycles. The Morgan fingerprint density at radius 1 is 1.27 bits per heavy atom. The molecule has 0 atom stereocenters. The van der Waals surface area contributed by atoms with Crippen molar-refractivity contribution < 1.29 is 9.90 Å². The number of nitrogens with one attached hydrogen (secondary N) is 1. The second-order valence-corrected chi connectivity index (χ2v) is 7.22. The lowest BCUT2D eigenvalue weighted by Crippen LogP contribution is -2.44. The fraction of sp³-hybridized carbons (Fsp3) is 0.632. The molecule has 0 saturated heterocycles. The summed E-state index contributed by atoms with van der Waals surface area (Å²) in [5.74, 6) is -0.233. The summed E-state index contributed by atoms with van der Waals surface area (Å²) in [4.78, 5) is 19.3. The maximum absolute atomic E-state index is 12.5. The number of hydrogen-bond donors (Lipinski definition) is 2. The summed E-state index contributed by atoms with van der Waals surface area (Å²) in [6.45, 7) is 7.31. The van der Waals surface area contributed by atoms with Gasteiger partial charge in [-0.2, -0.15) is 5.10 Å². The van der Waals surface area contributed by atoms with E-state index >= 15 is 0 Å². The molecule has 3 rings (SSSR count). The molecule has 2 aromatic rings. The average Bonchev–Trinajstić information content (AvgIpc) is 3.08. The predicted octanol–water partition coefficient (Wildman–Crippen LogP) is 2.00. The van der Waals surface area contributed by atoms with Crippen molar-refractivity contribution in [3.63, 3.8) is 0 Å². The van der Waals surface area contributed by atoms with Gasteiger partial charge in [0.25, 0.3) is 5.91 Å². The van der Waals surface area contributed by atoms with Crippen LogP contribution in [0, 0.1) is 0 Å². The minimum absolute atomic E-state index is 0.233. The number of rotatable bonds is 7. The fourth-order valence-corrected chi connectivity index (χ4v) is 3.59.